The third kappa shape index (κ3) is 16.7. The van der Waals surface area contributed by atoms with Crippen LogP contribution < -0.4 is 0 Å². The van der Waals surface area contributed by atoms with Gasteiger partial charge in [-0.05, 0) is 0 Å². The quantitative estimate of drug-likeness (QED) is 0.299. The van der Waals surface area contributed by atoms with Crippen molar-refractivity contribution in [2.24, 2.45) is 23.7 Å². The summed E-state index contributed by atoms with van der Waals surface area (Å²) in [4.78, 5) is 0. The van der Waals surface area contributed by atoms with Gasteiger partial charge in [0.1, 0.15) is 0 Å². The predicted molar refractivity (Wildman–Crippen MR) is 88.3 cm³/mol. The van der Waals surface area contributed by atoms with E-state index in [0.29, 0.717) is 23.7 Å². The molecule has 0 saturated carbocycles. The molecule has 0 bridgehead atoms. The zero-order valence-electron chi connectivity index (χ0n) is 13.8. The summed E-state index contributed by atoms with van der Waals surface area (Å²) in [5, 5.41) is 0. The van der Waals surface area contributed by atoms with Crippen molar-refractivity contribution in [2.75, 3.05) is 0 Å². The van der Waals surface area contributed by atoms with Gasteiger partial charge < -0.3 is 27.7 Å². The van der Waals surface area contributed by atoms with Crippen molar-refractivity contribution in [1.29, 1.82) is 0 Å². The molecule has 1 heteroatoms. The third-order valence-electron chi connectivity index (χ3n) is 3.84. The second kappa shape index (κ2) is 14.6. The van der Waals surface area contributed by atoms with Crippen molar-refractivity contribution >= 4 is 0 Å². The molecule has 0 aliphatic carbocycles. The van der Waals surface area contributed by atoms with Crippen LogP contribution in [0, 0.1) is 51.4 Å². The second-order valence-electron chi connectivity index (χ2n) is 6.74. The van der Waals surface area contributed by atoms with Gasteiger partial charge in [-0.3, -0.25) is 0 Å². The molecule has 0 aromatic carbocycles. The van der Waals surface area contributed by atoms with Gasteiger partial charge in [0.15, 0.2) is 0 Å². The molecule has 0 N–H and O–H groups in total. The van der Waals surface area contributed by atoms with Crippen molar-refractivity contribution in [3.8, 4) is 0 Å². The monoisotopic (exact) mass is 459 g/mol. The average molecular weight is 460 g/mol. The van der Waals surface area contributed by atoms with Gasteiger partial charge in [0.05, 0.1) is 0 Å². The standard InChI is InChI=1S/C19H36.Pt/c1-16(2)10-7-12-18(5)14-9-15-19(6)13-8-11-17(3)4;/h16-19H,1,3,5-15H2,2,4H3;/q-4;+4. The number of hydrogen-bond donors (Lipinski definition) is 0. The van der Waals surface area contributed by atoms with E-state index in [9.17, 15) is 0 Å². The van der Waals surface area contributed by atoms with Crippen molar-refractivity contribution in [3.05, 3.63) is 27.7 Å². The minimum Gasteiger partial charge on any atom is -0.341 e. The molecule has 0 amide bonds. The van der Waals surface area contributed by atoms with E-state index in [1.54, 1.807) is 0 Å². The molecule has 20 heavy (non-hydrogen) atoms. The van der Waals surface area contributed by atoms with Gasteiger partial charge >= 0.3 is 21.1 Å². The molecule has 0 fully saturated rings. The number of rotatable bonds is 12. The van der Waals surface area contributed by atoms with E-state index in [-0.39, 0.29) is 21.1 Å². The molecule has 0 aromatic heterocycles. The summed E-state index contributed by atoms with van der Waals surface area (Å²) in [6.45, 7) is 21.0. The van der Waals surface area contributed by atoms with Gasteiger partial charge in [-0.2, -0.15) is 23.7 Å². The van der Waals surface area contributed by atoms with Crippen LogP contribution in [0.15, 0.2) is 0 Å². The van der Waals surface area contributed by atoms with Crippen molar-refractivity contribution in [1.82, 2.24) is 0 Å². The SMILES string of the molecule is [CH2-]C(C)CCCC([CH2-])CCCC([CH2-])CCCC([CH2-])C.[Pt+4]. The summed E-state index contributed by atoms with van der Waals surface area (Å²) in [5.74, 6) is 2.44. The van der Waals surface area contributed by atoms with Crippen LogP contribution in [-0.2, 0) is 21.1 Å². The van der Waals surface area contributed by atoms with Crippen LogP contribution in [0.5, 0.6) is 0 Å². The molecule has 0 aliphatic heterocycles. The fourth-order valence-corrected chi connectivity index (χ4v) is 2.49. The molecule has 4 atom stereocenters. The molecule has 0 saturated heterocycles. The Bertz CT molecular complexity index is 166. The zero-order chi connectivity index (χ0) is 14.7. The summed E-state index contributed by atoms with van der Waals surface area (Å²) < 4.78 is 0. The molecule has 0 radical (unpaired) electrons. The van der Waals surface area contributed by atoms with E-state index in [2.05, 4.69) is 41.5 Å². The number of hydrogen-bond acceptors (Lipinski definition) is 0. The summed E-state index contributed by atoms with van der Waals surface area (Å²) in [5.41, 5.74) is 0. The van der Waals surface area contributed by atoms with E-state index < -0.39 is 0 Å². The molecule has 0 nitrogen and oxygen atoms in total. The summed E-state index contributed by atoms with van der Waals surface area (Å²) in [6, 6.07) is 0. The maximum absolute atomic E-state index is 4.27. The van der Waals surface area contributed by atoms with Crippen molar-refractivity contribution in [3.63, 3.8) is 0 Å². The topological polar surface area (TPSA) is 0 Å². The van der Waals surface area contributed by atoms with Crippen LogP contribution in [0.25, 0.3) is 0 Å². The molecule has 0 aromatic rings. The largest absolute Gasteiger partial charge is 4.00 e. The molecule has 0 aliphatic rings. The summed E-state index contributed by atoms with van der Waals surface area (Å²) in [7, 11) is 0. The Hall–Kier alpha value is 0.688. The Morgan fingerprint density at radius 3 is 1.05 bits per heavy atom. The molecule has 0 rings (SSSR count). The van der Waals surface area contributed by atoms with Crippen LogP contribution in [-0.4, -0.2) is 0 Å². The fourth-order valence-electron chi connectivity index (χ4n) is 2.49. The first kappa shape index (κ1) is 23.0. The molecular weight excluding hydrogens is 423 g/mol. The van der Waals surface area contributed by atoms with Crippen molar-refractivity contribution < 1.29 is 21.1 Å². The van der Waals surface area contributed by atoms with Crippen LogP contribution in [0.3, 0.4) is 0 Å². The second-order valence-corrected chi connectivity index (χ2v) is 6.74. The van der Waals surface area contributed by atoms with E-state index in [1.807, 2.05) is 0 Å². The van der Waals surface area contributed by atoms with Crippen LogP contribution in [0.4, 0.5) is 0 Å². The summed E-state index contributed by atoms with van der Waals surface area (Å²) >= 11 is 0. The zero-order valence-corrected chi connectivity index (χ0v) is 16.1. The fraction of sp³-hybridized carbons (Fsp3) is 0.789. The van der Waals surface area contributed by atoms with E-state index in [1.165, 1.54) is 57.8 Å². The minimum atomic E-state index is 0. The first-order chi connectivity index (χ1) is 8.91. The molecule has 0 spiro atoms. The first-order valence-electron chi connectivity index (χ1n) is 8.24. The predicted octanol–water partition coefficient (Wildman–Crippen LogP) is 6.34. The maximum Gasteiger partial charge on any atom is 4.00 e. The Kier molecular flexibility index (Phi) is 16.8. The minimum absolute atomic E-state index is 0. The molecule has 4 unspecified atom stereocenters. The first-order valence-corrected chi connectivity index (χ1v) is 8.24. The summed E-state index contributed by atoms with van der Waals surface area (Å²) in [6.07, 6.45) is 11.4. The average Bonchev–Trinajstić information content (AvgIpc) is 2.27. The Balaban J connectivity index is 0. The smallest absolute Gasteiger partial charge is 0.341 e. The van der Waals surface area contributed by atoms with Gasteiger partial charge in [0, 0.05) is 0 Å². The molecular formula is C19H36Pt. The maximum atomic E-state index is 4.27. The van der Waals surface area contributed by atoms with Gasteiger partial charge in [0.2, 0.25) is 0 Å². The Morgan fingerprint density at radius 1 is 0.550 bits per heavy atom. The van der Waals surface area contributed by atoms with Gasteiger partial charge in [-0.15, -0.1) is 0 Å². The van der Waals surface area contributed by atoms with E-state index in [0.717, 1.165) is 0 Å². The van der Waals surface area contributed by atoms with Crippen LogP contribution in [0.1, 0.15) is 71.6 Å². The van der Waals surface area contributed by atoms with Crippen LogP contribution in [0.2, 0.25) is 0 Å². The van der Waals surface area contributed by atoms with Gasteiger partial charge in [-0.1, -0.05) is 71.6 Å². The van der Waals surface area contributed by atoms with E-state index in [4.69, 9.17) is 0 Å². The Morgan fingerprint density at radius 2 is 0.800 bits per heavy atom. The Labute approximate surface area is 144 Å². The van der Waals surface area contributed by atoms with Gasteiger partial charge in [-0.25, -0.2) is 0 Å². The van der Waals surface area contributed by atoms with E-state index >= 15 is 0 Å². The molecule has 0 heterocycles. The van der Waals surface area contributed by atoms with Crippen LogP contribution >= 0.6 is 0 Å². The van der Waals surface area contributed by atoms with Gasteiger partial charge in [0.25, 0.3) is 0 Å². The molecule has 122 valence electrons. The normalized spacial score (nSPS) is 17.1. The van der Waals surface area contributed by atoms with Crippen molar-refractivity contribution in [2.45, 2.75) is 71.6 Å². The third-order valence-corrected chi connectivity index (χ3v) is 3.84.